The van der Waals surface area contributed by atoms with Gasteiger partial charge in [-0.3, -0.25) is 0 Å². The lowest BCUT2D eigenvalue weighted by Gasteiger charge is -2.24. The summed E-state index contributed by atoms with van der Waals surface area (Å²) in [5.74, 6) is 0.828. The zero-order valence-electron chi connectivity index (χ0n) is 12.9. The highest BCUT2D eigenvalue weighted by Crippen LogP contribution is 2.41. The predicted octanol–water partition coefficient (Wildman–Crippen LogP) is 5.74. The van der Waals surface area contributed by atoms with Crippen molar-refractivity contribution in [2.24, 2.45) is 5.92 Å². The van der Waals surface area contributed by atoms with Crippen molar-refractivity contribution in [3.05, 3.63) is 34.9 Å². The summed E-state index contributed by atoms with van der Waals surface area (Å²) in [4.78, 5) is 0. The summed E-state index contributed by atoms with van der Waals surface area (Å²) >= 11 is 6.00. The first-order valence-corrected chi connectivity index (χ1v) is 8.60. The van der Waals surface area contributed by atoms with Crippen molar-refractivity contribution < 1.29 is 0 Å². The maximum absolute atomic E-state index is 6.00. The van der Waals surface area contributed by atoms with E-state index < -0.39 is 0 Å². The molecule has 20 heavy (non-hydrogen) atoms. The minimum Gasteiger partial charge on any atom is -0.307 e. The number of unbranched alkanes of at least 4 members (excludes halogenated alkanes) is 3. The minimum absolute atomic E-state index is 0.522. The summed E-state index contributed by atoms with van der Waals surface area (Å²) in [7, 11) is 0. The molecule has 1 nitrogen and oxygen atoms in total. The molecule has 1 saturated carbocycles. The average molecular weight is 294 g/mol. The average Bonchev–Trinajstić information content (AvgIpc) is 3.27. The van der Waals surface area contributed by atoms with Crippen LogP contribution >= 0.6 is 11.6 Å². The first kappa shape index (κ1) is 15.9. The van der Waals surface area contributed by atoms with E-state index in [2.05, 4.69) is 31.3 Å². The number of hydrogen-bond acceptors (Lipinski definition) is 1. The Balaban J connectivity index is 1.84. The summed E-state index contributed by atoms with van der Waals surface area (Å²) in [5.41, 5.74) is 1.40. The van der Waals surface area contributed by atoms with Gasteiger partial charge >= 0.3 is 0 Å². The fourth-order valence-corrected chi connectivity index (χ4v) is 3.00. The van der Waals surface area contributed by atoms with Crippen molar-refractivity contribution in [3.8, 4) is 0 Å². The fourth-order valence-electron chi connectivity index (χ4n) is 2.87. The Kier molecular flexibility index (Phi) is 6.38. The van der Waals surface area contributed by atoms with Crippen LogP contribution in [0.2, 0.25) is 5.02 Å². The molecule has 2 rings (SSSR count). The normalized spacial score (nSPS) is 17.9. The van der Waals surface area contributed by atoms with Crippen LogP contribution in [0.5, 0.6) is 0 Å². The molecule has 0 aromatic heterocycles. The maximum atomic E-state index is 6.00. The summed E-state index contributed by atoms with van der Waals surface area (Å²) in [6.45, 7) is 4.60. The Morgan fingerprint density at radius 2 is 1.85 bits per heavy atom. The summed E-state index contributed by atoms with van der Waals surface area (Å²) in [5, 5.41) is 4.68. The molecule has 1 N–H and O–H groups in total. The van der Waals surface area contributed by atoms with E-state index in [1.807, 2.05) is 12.1 Å². The van der Waals surface area contributed by atoms with Gasteiger partial charge in [-0.25, -0.2) is 0 Å². The zero-order valence-corrected chi connectivity index (χ0v) is 13.6. The highest BCUT2D eigenvalue weighted by atomic mass is 35.5. The predicted molar refractivity (Wildman–Crippen MR) is 88.3 cm³/mol. The second-order valence-corrected chi connectivity index (χ2v) is 6.72. The Hall–Kier alpha value is -0.530. The van der Waals surface area contributed by atoms with Gasteiger partial charge in [-0.1, -0.05) is 56.3 Å². The Morgan fingerprint density at radius 1 is 1.15 bits per heavy atom. The van der Waals surface area contributed by atoms with Gasteiger partial charge in [0.05, 0.1) is 0 Å². The lowest BCUT2D eigenvalue weighted by Crippen LogP contribution is -2.31. The van der Waals surface area contributed by atoms with Crippen LogP contribution in [-0.2, 0) is 0 Å². The minimum atomic E-state index is 0.522. The van der Waals surface area contributed by atoms with E-state index in [-0.39, 0.29) is 0 Å². The van der Waals surface area contributed by atoms with Crippen LogP contribution in [0.15, 0.2) is 24.3 Å². The SMILES string of the molecule is CCCCCCC(C)NC(c1ccc(Cl)cc1)C1CC1. The van der Waals surface area contributed by atoms with Crippen molar-refractivity contribution in [3.63, 3.8) is 0 Å². The van der Waals surface area contributed by atoms with Crippen molar-refractivity contribution in [2.45, 2.75) is 70.9 Å². The largest absolute Gasteiger partial charge is 0.307 e. The van der Waals surface area contributed by atoms with E-state index in [0.29, 0.717) is 12.1 Å². The first-order valence-electron chi connectivity index (χ1n) is 8.22. The summed E-state index contributed by atoms with van der Waals surface area (Å²) in [6.07, 6.45) is 9.42. The molecule has 0 aliphatic heterocycles. The zero-order chi connectivity index (χ0) is 14.4. The topological polar surface area (TPSA) is 12.0 Å². The molecule has 2 atom stereocenters. The molecule has 0 amide bonds. The standard InChI is InChI=1S/C18H28ClN/c1-3-4-5-6-7-14(2)20-18(15-8-9-15)16-10-12-17(19)13-11-16/h10-15,18,20H,3-9H2,1-2H3. The molecule has 0 heterocycles. The van der Waals surface area contributed by atoms with Crippen LogP contribution in [0.3, 0.4) is 0 Å². The number of benzene rings is 1. The Labute approximate surface area is 129 Å². The lowest BCUT2D eigenvalue weighted by molar-refractivity contribution is 0.393. The molecule has 0 bridgehead atoms. The molecule has 1 aromatic carbocycles. The van der Waals surface area contributed by atoms with Crippen LogP contribution in [0.25, 0.3) is 0 Å². The monoisotopic (exact) mass is 293 g/mol. The molecule has 1 aromatic rings. The molecule has 2 heteroatoms. The smallest absolute Gasteiger partial charge is 0.0406 e. The third-order valence-electron chi connectivity index (χ3n) is 4.28. The number of rotatable bonds is 9. The van der Waals surface area contributed by atoms with Gasteiger partial charge in [0, 0.05) is 17.1 Å². The number of halogens is 1. The third-order valence-corrected chi connectivity index (χ3v) is 4.53. The lowest BCUT2D eigenvalue weighted by atomic mass is 10.00. The van der Waals surface area contributed by atoms with Crippen LogP contribution < -0.4 is 5.32 Å². The van der Waals surface area contributed by atoms with Crippen molar-refractivity contribution >= 4 is 11.6 Å². The van der Waals surface area contributed by atoms with Gasteiger partial charge < -0.3 is 5.32 Å². The van der Waals surface area contributed by atoms with Crippen LogP contribution in [0, 0.1) is 5.92 Å². The highest BCUT2D eigenvalue weighted by molar-refractivity contribution is 6.30. The molecule has 2 unspecified atom stereocenters. The van der Waals surface area contributed by atoms with E-state index in [1.54, 1.807) is 0 Å². The molecule has 1 fully saturated rings. The molecule has 0 spiro atoms. The van der Waals surface area contributed by atoms with Gasteiger partial charge in [0.15, 0.2) is 0 Å². The fraction of sp³-hybridized carbons (Fsp3) is 0.667. The van der Waals surface area contributed by atoms with Gasteiger partial charge in [-0.2, -0.15) is 0 Å². The second-order valence-electron chi connectivity index (χ2n) is 6.28. The van der Waals surface area contributed by atoms with Crippen molar-refractivity contribution in [2.75, 3.05) is 0 Å². The van der Waals surface area contributed by atoms with E-state index in [0.717, 1.165) is 10.9 Å². The summed E-state index contributed by atoms with van der Waals surface area (Å²) < 4.78 is 0. The van der Waals surface area contributed by atoms with E-state index in [9.17, 15) is 0 Å². The summed E-state index contributed by atoms with van der Waals surface area (Å²) in [6, 6.07) is 9.52. The molecule has 112 valence electrons. The third kappa shape index (κ3) is 5.10. The van der Waals surface area contributed by atoms with Gasteiger partial charge in [0.2, 0.25) is 0 Å². The van der Waals surface area contributed by atoms with Crippen LogP contribution in [0.1, 0.15) is 70.4 Å². The van der Waals surface area contributed by atoms with Gasteiger partial charge in [0.25, 0.3) is 0 Å². The van der Waals surface area contributed by atoms with Crippen LogP contribution in [0.4, 0.5) is 0 Å². The highest BCUT2D eigenvalue weighted by Gasteiger charge is 2.32. The maximum Gasteiger partial charge on any atom is 0.0406 e. The molecule has 0 saturated heterocycles. The van der Waals surface area contributed by atoms with Crippen molar-refractivity contribution in [1.82, 2.24) is 5.32 Å². The van der Waals surface area contributed by atoms with Crippen LogP contribution in [-0.4, -0.2) is 6.04 Å². The quantitative estimate of drug-likeness (QED) is 0.573. The molecule has 1 aliphatic carbocycles. The second kappa shape index (κ2) is 8.05. The van der Waals surface area contributed by atoms with Gasteiger partial charge in [0.1, 0.15) is 0 Å². The number of hydrogen-bond donors (Lipinski definition) is 1. The molecule has 1 aliphatic rings. The Bertz CT molecular complexity index is 383. The van der Waals surface area contributed by atoms with E-state index in [1.165, 1.54) is 50.5 Å². The van der Waals surface area contributed by atoms with Gasteiger partial charge in [-0.05, 0) is 49.8 Å². The Morgan fingerprint density at radius 3 is 2.45 bits per heavy atom. The van der Waals surface area contributed by atoms with Gasteiger partial charge in [-0.15, -0.1) is 0 Å². The van der Waals surface area contributed by atoms with E-state index >= 15 is 0 Å². The molecular formula is C18H28ClN. The van der Waals surface area contributed by atoms with E-state index in [4.69, 9.17) is 11.6 Å². The first-order chi connectivity index (χ1) is 9.70. The molecular weight excluding hydrogens is 266 g/mol. The van der Waals surface area contributed by atoms with Crippen molar-refractivity contribution in [1.29, 1.82) is 0 Å². The number of nitrogens with one attached hydrogen (secondary N) is 1. The molecule has 0 radical (unpaired) electrons.